The van der Waals surface area contributed by atoms with Gasteiger partial charge in [-0.15, -0.1) is 24.0 Å². The van der Waals surface area contributed by atoms with Crippen LogP contribution in [-0.2, 0) is 20.7 Å². The van der Waals surface area contributed by atoms with Gasteiger partial charge in [-0.2, -0.15) is 0 Å². The minimum absolute atomic E-state index is 0. The van der Waals surface area contributed by atoms with Crippen LogP contribution in [-0.4, -0.2) is 86.9 Å². The fourth-order valence-electron chi connectivity index (χ4n) is 3.73. The van der Waals surface area contributed by atoms with Crippen LogP contribution in [0.15, 0.2) is 29.3 Å². The Bertz CT molecular complexity index is 708. The van der Waals surface area contributed by atoms with E-state index in [0.29, 0.717) is 44.3 Å². The third kappa shape index (κ3) is 8.75. The van der Waals surface area contributed by atoms with Crippen LogP contribution < -0.4 is 5.32 Å². The van der Waals surface area contributed by atoms with Gasteiger partial charge in [0.1, 0.15) is 0 Å². The molecule has 1 N–H and O–H groups in total. The van der Waals surface area contributed by atoms with Gasteiger partial charge in [0.15, 0.2) is 5.96 Å². The summed E-state index contributed by atoms with van der Waals surface area (Å²) >= 11 is 6.03. The lowest BCUT2D eigenvalue weighted by Gasteiger charge is -2.36. The highest BCUT2D eigenvalue weighted by Crippen LogP contribution is 2.13. The molecule has 2 aliphatic heterocycles. The second-order valence-electron chi connectivity index (χ2n) is 7.62. The van der Waals surface area contributed by atoms with Gasteiger partial charge >= 0.3 is 0 Å². The van der Waals surface area contributed by atoms with Crippen molar-refractivity contribution in [3.05, 3.63) is 34.9 Å². The number of benzene rings is 1. The Morgan fingerprint density at radius 1 is 1.29 bits per heavy atom. The van der Waals surface area contributed by atoms with Crippen LogP contribution in [0.1, 0.15) is 25.3 Å². The SMILES string of the molecule is CCNC(=NCCOCC1CCCO1)N1CCN(C(=O)Cc2cccc(Cl)c2)CC1.I. The normalized spacial score (nSPS) is 19.3. The van der Waals surface area contributed by atoms with E-state index in [2.05, 4.69) is 17.1 Å². The molecule has 0 radical (unpaired) electrons. The molecule has 0 aromatic heterocycles. The number of nitrogens with one attached hydrogen (secondary N) is 1. The lowest BCUT2D eigenvalue weighted by molar-refractivity contribution is -0.131. The first-order valence-electron chi connectivity index (χ1n) is 10.9. The molecule has 9 heteroatoms. The van der Waals surface area contributed by atoms with Gasteiger partial charge in [-0.1, -0.05) is 23.7 Å². The summed E-state index contributed by atoms with van der Waals surface area (Å²) in [6.45, 7) is 8.50. The van der Waals surface area contributed by atoms with Crippen LogP contribution in [0, 0.1) is 0 Å². The van der Waals surface area contributed by atoms with Gasteiger partial charge in [-0.25, -0.2) is 0 Å². The number of ether oxygens (including phenoxy) is 2. The highest BCUT2D eigenvalue weighted by molar-refractivity contribution is 14.0. The molecule has 31 heavy (non-hydrogen) atoms. The van der Waals surface area contributed by atoms with Crippen molar-refractivity contribution in [3.63, 3.8) is 0 Å². The fourth-order valence-corrected chi connectivity index (χ4v) is 3.95. The van der Waals surface area contributed by atoms with E-state index in [9.17, 15) is 4.79 Å². The van der Waals surface area contributed by atoms with E-state index in [1.807, 2.05) is 29.2 Å². The fraction of sp³-hybridized carbons (Fsp3) is 0.636. The summed E-state index contributed by atoms with van der Waals surface area (Å²) in [5, 5.41) is 4.02. The number of nitrogens with zero attached hydrogens (tertiary/aromatic N) is 3. The number of guanidine groups is 1. The molecule has 0 saturated carbocycles. The summed E-state index contributed by atoms with van der Waals surface area (Å²) in [7, 11) is 0. The minimum atomic E-state index is 0. The van der Waals surface area contributed by atoms with Gasteiger partial charge in [0.05, 0.1) is 32.3 Å². The zero-order valence-corrected chi connectivity index (χ0v) is 21.3. The Morgan fingerprint density at radius 2 is 2.06 bits per heavy atom. The first-order valence-corrected chi connectivity index (χ1v) is 11.3. The molecule has 1 unspecified atom stereocenters. The molecule has 0 bridgehead atoms. The molecular formula is C22H34ClIN4O3. The molecule has 0 spiro atoms. The third-order valence-corrected chi connectivity index (χ3v) is 5.57. The number of carbonyl (C=O) groups excluding carboxylic acids is 1. The van der Waals surface area contributed by atoms with Crippen molar-refractivity contribution < 1.29 is 14.3 Å². The predicted octanol–water partition coefficient (Wildman–Crippen LogP) is 2.81. The smallest absolute Gasteiger partial charge is 0.227 e. The van der Waals surface area contributed by atoms with Crippen LogP contribution in [0.3, 0.4) is 0 Å². The van der Waals surface area contributed by atoms with Crippen LogP contribution in [0.25, 0.3) is 0 Å². The monoisotopic (exact) mass is 564 g/mol. The maximum absolute atomic E-state index is 12.6. The minimum Gasteiger partial charge on any atom is -0.377 e. The molecule has 174 valence electrons. The number of hydrogen-bond donors (Lipinski definition) is 1. The van der Waals surface area contributed by atoms with Gasteiger partial charge in [-0.05, 0) is 37.5 Å². The largest absolute Gasteiger partial charge is 0.377 e. The van der Waals surface area contributed by atoms with Crippen LogP contribution in [0.2, 0.25) is 5.02 Å². The molecule has 2 heterocycles. The van der Waals surface area contributed by atoms with Crippen LogP contribution in [0.4, 0.5) is 0 Å². The molecule has 0 aliphatic carbocycles. The number of carbonyl (C=O) groups is 1. The third-order valence-electron chi connectivity index (χ3n) is 5.34. The first-order chi connectivity index (χ1) is 14.7. The van der Waals surface area contributed by atoms with Crippen molar-refractivity contribution in [3.8, 4) is 0 Å². The van der Waals surface area contributed by atoms with Crippen LogP contribution in [0.5, 0.6) is 0 Å². The summed E-state index contributed by atoms with van der Waals surface area (Å²) < 4.78 is 11.3. The molecule has 7 nitrogen and oxygen atoms in total. The summed E-state index contributed by atoms with van der Waals surface area (Å²) in [5.74, 6) is 1.03. The van der Waals surface area contributed by atoms with Crippen molar-refractivity contribution in [2.24, 2.45) is 4.99 Å². The molecule has 2 fully saturated rings. The van der Waals surface area contributed by atoms with Crippen molar-refractivity contribution in [1.29, 1.82) is 0 Å². The molecule has 1 amide bonds. The van der Waals surface area contributed by atoms with Crippen molar-refractivity contribution >= 4 is 47.4 Å². The molecule has 2 aliphatic rings. The number of rotatable bonds is 8. The Balaban J connectivity index is 0.00000341. The number of hydrogen-bond acceptors (Lipinski definition) is 4. The molecule has 3 rings (SSSR count). The maximum atomic E-state index is 12.6. The molecular weight excluding hydrogens is 531 g/mol. The lowest BCUT2D eigenvalue weighted by atomic mass is 10.1. The zero-order valence-electron chi connectivity index (χ0n) is 18.2. The van der Waals surface area contributed by atoms with E-state index in [0.717, 1.165) is 50.6 Å². The van der Waals surface area contributed by atoms with Gasteiger partial charge in [-0.3, -0.25) is 9.79 Å². The average molecular weight is 565 g/mol. The van der Waals surface area contributed by atoms with E-state index in [1.165, 1.54) is 0 Å². The Labute approximate surface area is 207 Å². The average Bonchev–Trinajstić information content (AvgIpc) is 3.26. The standard InChI is InChI=1S/C22H33ClN4O3.HI/c1-2-24-22(25-8-14-29-17-20-7-4-13-30-20)27-11-9-26(10-12-27)21(28)16-18-5-3-6-19(23)15-18;/h3,5-6,15,20H,2,4,7-14,16-17H2,1H3,(H,24,25);1H. The lowest BCUT2D eigenvalue weighted by Crippen LogP contribution is -2.54. The second-order valence-corrected chi connectivity index (χ2v) is 8.06. The Morgan fingerprint density at radius 3 is 2.74 bits per heavy atom. The van der Waals surface area contributed by atoms with E-state index < -0.39 is 0 Å². The molecule has 1 aromatic rings. The summed E-state index contributed by atoms with van der Waals surface area (Å²) in [4.78, 5) is 21.5. The number of aliphatic imine (C=N–C) groups is 1. The number of piperazine rings is 1. The van der Waals surface area contributed by atoms with Gasteiger partial charge < -0.3 is 24.6 Å². The number of amides is 1. The highest BCUT2D eigenvalue weighted by atomic mass is 127. The van der Waals surface area contributed by atoms with Gasteiger partial charge in [0.25, 0.3) is 0 Å². The topological polar surface area (TPSA) is 66.4 Å². The predicted molar refractivity (Wildman–Crippen MR) is 134 cm³/mol. The zero-order chi connectivity index (χ0) is 21.2. The van der Waals surface area contributed by atoms with E-state index in [-0.39, 0.29) is 36.0 Å². The summed E-state index contributed by atoms with van der Waals surface area (Å²) in [6.07, 6.45) is 2.85. The molecule has 1 aromatic carbocycles. The Hall–Kier alpha value is -1.10. The quantitative estimate of drug-likeness (QED) is 0.228. The van der Waals surface area contributed by atoms with Gasteiger partial charge in [0, 0.05) is 44.4 Å². The van der Waals surface area contributed by atoms with Crippen molar-refractivity contribution in [2.45, 2.75) is 32.3 Å². The number of halogens is 2. The molecule has 2 saturated heterocycles. The van der Waals surface area contributed by atoms with Crippen LogP contribution >= 0.6 is 35.6 Å². The van der Waals surface area contributed by atoms with E-state index >= 15 is 0 Å². The maximum Gasteiger partial charge on any atom is 0.227 e. The van der Waals surface area contributed by atoms with Crippen molar-refractivity contribution in [1.82, 2.24) is 15.1 Å². The molecule has 1 atom stereocenters. The first kappa shape index (κ1) is 26.2. The second kappa shape index (κ2) is 14.1. The highest BCUT2D eigenvalue weighted by Gasteiger charge is 2.23. The van der Waals surface area contributed by atoms with E-state index in [4.69, 9.17) is 26.1 Å². The van der Waals surface area contributed by atoms with Crippen molar-refractivity contribution in [2.75, 3.05) is 59.1 Å². The summed E-state index contributed by atoms with van der Waals surface area (Å²) in [6, 6.07) is 7.50. The summed E-state index contributed by atoms with van der Waals surface area (Å²) in [5.41, 5.74) is 0.952. The Kier molecular flexibility index (Phi) is 11.9. The van der Waals surface area contributed by atoms with E-state index in [1.54, 1.807) is 0 Å². The van der Waals surface area contributed by atoms with Gasteiger partial charge in [0.2, 0.25) is 5.91 Å².